The van der Waals surface area contributed by atoms with Crippen molar-refractivity contribution >= 4 is 23.8 Å². The average molecular weight is 410 g/mol. The molecule has 3 aromatic rings. The number of thioether (sulfide) groups is 1. The fraction of sp³-hybridized carbons (Fsp3) is 0.227. The summed E-state index contributed by atoms with van der Waals surface area (Å²) in [4.78, 5) is 28.1. The van der Waals surface area contributed by atoms with Gasteiger partial charge in [-0.3, -0.25) is 14.7 Å². The van der Waals surface area contributed by atoms with E-state index in [1.165, 1.54) is 11.8 Å². The van der Waals surface area contributed by atoms with Gasteiger partial charge in [-0.2, -0.15) is 0 Å². The number of nitrogens with one attached hydrogen (secondary N) is 1. The number of para-hydroxylation sites is 1. The van der Waals surface area contributed by atoms with Gasteiger partial charge in [0.25, 0.3) is 0 Å². The van der Waals surface area contributed by atoms with E-state index in [1.807, 2.05) is 42.6 Å². The van der Waals surface area contributed by atoms with Gasteiger partial charge in [0, 0.05) is 5.56 Å². The number of carbonyl (C=O) groups excluding carboxylic acids is 2. The normalized spacial score (nSPS) is 10.6. The number of alkyl carbamates (subject to hydrolysis) is 1. The summed E-state index contributed by atoms with van der Waals surface area (Å²) < 4.78 is 6.82. The van der Waals surface area contributed by atoms with Crippen molar-refractivity contribution in [3.8, 4) is 16.9 Å². The zero-order valence-corrected chi connectivity index (χ0v) is 17.5. The van der Waals surface area contributed by atoms with Gasteiger partial charge in [-0.05, 0) is 31.9 Å². The zero-order valence-electron chi connectivity index (χ0n) is 16.6. The Morgan fingerprint density at radius 2 is 1.76 bits per heavy atom. The summed E-state index contributed by atoms with van der Waals surface area (Å²) in [6.07, 6.45) is 1.08. The summed E-state index contributed by atoms with van der Waals surface area (Å²) >= 11 is 1.28. The van der Waals surface area contributed by atoms with Crippen LogP contribution in [0.2, 0.25) is 0 Å². The third-order valence-electron chi connectivity index (χ3n) is 4.31. The first-order valence-electron chi connectivity index (χ1n) is 9.30. The van der Waals surface area contributed by atoms with Crippen LogP contribution in [0.4, 0.5) is 4.79 Å². The minimum Gasteiger partial charge on any atom is -0.450 e. The van der Waals surface area contributed by atoms with Gasteiger partial charge in [0.05, 0.1) is 29.9 Å². The van der Waals surface area contributed by atoms with Gasteiger partial charge in [0.15, 0.2) is 5.16 Å². The Bertz CT molecular complexity index is 995. The van der Waals surface area contributed by atoms with E-state index in [0.29, 0.717) is 5.16 Å². The van der Waals surface area contributed by atoms with Crippen LogP contribution < -0.4 is 5.32 Å². The van der Waals surface area contributed by atoms with Gasteiger partial charge in [0.2, 0.25) is 5.91 Å². The molecule has 1 N–H and O–H groups in total. The third-order valence-corrected chi connectivity index (χ3v) is 5.26. The first-order chi connectivity index (χ1) is 14.0. The van der Waals surface area contributed by atoms with E-state index >= 15 is 0 Å². The molecule has 2 amide bonds. The van der Waals surface area contributed by atoms with E-state index in [0.717, 1.165) is 28.1 Å². The van der Waals surface area contributed by atoms with E-state index in [9.17, 15) is 9.59 Å². The Kier molecular flexibility index (Phi) is 6.72. The van der Waals surface area contributed by atoms with Crippen LogP contribution in [0.3, 0.4) is 0 Å². The lowest BCUT2D eigenvalue weighted by atomic mass is 10.1. The maximum atomic E-state index is 12.1. The quantitative estimate of drug-likeness (QED) is 0.606. The van der Waals surface area contributed by atoms with Crippen molar-refractivity contribution < 1.29 is 14.3 Å². The van der Waals surface area contributed by atoms with Crippen LogP contribution in [0.1, 0.15) is 18.1 Å². The van der Waals surface area contributed by atoms with E-state index in [2.05, 4.69) is 40.8 Å². The molecule has 0 radical (unpaired) electrons. The summed E-state index contributed by atoms with van der Waals surface area (Å²) in [5, 5.41) is 2.89. The van der Waals surface area contributed by atoms with Crippen LogP contribution in [0.25, 0.3) is 16.9 Å². The Hall–Kier alpha value is -3.06. The number of imide groups is 1. The SMILES string of the molecule is CCOC(=O)NC(=O)CSc1ncc(-c2ccccc2)n1-c1c(C)cccc1C. The van der Waals surface area contributed by atoms with Gasteiger partial charge in [-0.15, -0.1) is 0 Å². The first-order valence-corrected chi connectivity index (χ1v) is 10.3. The number of nitrogens with zero attached hydrogens (tertiary/aromatic N) is 2. The number of hydrogen-bond acceptors (Lipinski definition) is 5. The highest BCUT2D eigenvalue weighted by atomic mass is 32.2. The Balaban J connectivity index is 1.95. The highest BCUT2D eigenvalue weighted by Crippen LogP contribution is 2.32. The third kappa shape index (κ3) is 4.86. The van der Waals surface area contributed by atoms with Crippen molar-refractivity contribution in [1.82, 2.24) is 14.9 Å². The number of carbonyl (C=O) groups is 2. The molecule has 1 heterocycles. The number of benzene rings is 2. The monoisotopic (exact) mass is 409 g/mol. The second-order valence-electron chi connectivity index (χ2n) is 6.43. The van der Waals surface area contributed by atoms with E-state index in [-0.39, 0.29) is 12.4 Å². The molecule has 0 unspecified atom stereocenters. The number of hydrogen-bond donors (Lipinski definition) is 1. The van der Waals surface area contributed by atoms with Crippen LogP contribution in [-0.2, 0) is 9.53 Å². The van der Waals surface area contributed by atoms with Gasteiger partial charge in [-0.1, -0.05) is 60.3 Å². The van der Waals surface area contributed by atoms with E-state index < -0.39 is 12.0 Å². The molecule has 1 aromatic heterocycles. The van der Waals surface area contributed by atoms with Crippen molar-refractivity contribution in [3.05, 3.63) is 65.9 Å². The Morgan fingerprint density at radius 1 is 1.07 bits per heavy atom. The molecule has 7 heteroatoms. The van der Waals surface area contributed by atoms with Crippen LogP contribution in [0.15, 0.2) is 59.9 Å². The summed E-state index contributed by atoms with van der Waals surface area (Å²) in [7, 11) is 0. The molecule has 0 aliphatic rings. The van der Waals surface area contributed by atoms with Gasteiger partial charge < -0.3 is 4.74 Å². The number of rotatable bonds is 6. The Morgan fingerprint density at radius 3 is 2.41 bits per heavy atom. The standard InChI is InChI=1S/C22H23N3O3S/c1-4-28-22(27)24-19(26)14-29-21-23-13-18(17-11-6-5-7-12-17)25(21)20-15(2)9-8-10-16(20)3/h5-13H,4,14H2,1-3H3,(H,24,26,27). The van der Waals surface area contributed by atoms with Crippen LogP contribution in [-0.4, -0.2) is 33.9 Å². The first kappa shape index (κ1) is 20.7. The highest BCUT2D eigenvalue weighted by molar-refractivity contribution is 7.99. The molecule has 0 aliphatic heterocycles. The molecule has 0 bridgehead atoms. The van der Waals surface area contributed by atoms with Crippen molar-refractivity contribution in [2.45, 2.75) is 25.9 Å². The maximum absolute atomic E-state index is 12.1. The molecule has 0 aliphatic carbocycles. The van der Waals surface area contributed by atoms with Crippen molar-refractivity contribution in [3.63, 3.8) is 0 Å². The number of aromatic nitrogens is 2. The molecular formula is C22H23N3O3S. The predicted molar refractivity (Wildman–Crippen MR) is 114 cm³/mol. The molecule has 0 fully saturated rings. The lowest BCUT2D eigenvalue weighted by Crippen LogP contribution is -2.32. The largest absolute Gasteiger partial charge is 0.450 e. The zero-order chi connectivity index (χ0) is 20.8. The van der Waals surface area contributed by atoms with E-state index in [4.69, 9.17) is 4.74 Å². The summed E-state index contributed by atoms with van der Waals surface area (Å²) in [5.41, 5.74) is 5.23. The van der Waals surface area contributed by atoms with Gasteiger partial charge >= 0.3 is 6.09 Å². The fourth-order valence-electron chi connectivity index (χ4n) is 3.07. The molecule has 2 aromatic carbocycles. The molecule has 29 heavy (non-hydrogen) atoms. The van der Waals surface area contributed by atoms with Crippen LogP contribution in [0, 0.1) is 13.8 Å². The summed E-state index contributed by atoms with van der Waals surface area (Å²) in [6.45, 7) is 6.01. The topological polar surface area (TPSA) is 73.2 Å². The Labute approximate surface area is 174 Å². The second kappa shape index (κ2) is 9.43. The minimum absolute atomic E-state index is 0.0506. The minimum atomic E-state index is -0.735. The van der Waals surface area contributed by atoms with Crippen molar-refractivity contribution in [2.75, 3.05) is 12.4 Å². The van der Waals surface area contributed by atoms with Crippen LogP contribution >= 0.6 is 11.8 Å². The molecule has 150 valence electrons. The molecule has 0 saturated carbocycles. The molecule has 0 spiro atoms. The molecule has 0 atom stereocenters. The maximum Gasteiger partial charge on any atom is 0.413 e. The molecule has 6 nitrogen and oxygen atoms in total. The summed E-state index contributed by atoms with van der Waals surface area (Å²) in [6, 6.07) is 16.1. The number of aryl methyl sites for hydroxylation is 2. The summed E-state index contributed by atoms with van der Waals surface area (Å²) in [5.74, 6) is -0.375. The van der Waals surface area contributed by atoms with Gasteiger partial charge in [-0.25, -0.2) is 9.78 Å². The molecule has 3 rings (SSSR count). The predicted octanol–water partition coefficient (Wildman–Crippen LogP) is 4.52. The highest BCUT2D eigenvalue weighted by Gasteiger charge is 2.18. The van der Waals surface area contributed by atoms with Crippen molar-refractivity contribution in [1.29, 1.82) is 0 Å². The van der Waals surface area contributed by atoms with Crippen LogP contribution in [0.5, 0.6) is 0 Å². The number of imidazole rings is 1. The number of amides is 2. The van der Waals surface area contributed by atoms with E-state index in [1.54, 1.807) is 6.92 Å². The lowest BCUT2D eigenvalue weighted by Gasteiger charge is -2.17. The molecular weight excluding hydrogens is 386 g/mol. The molecule has 0 saturated heterocycles. The second-order valence-corrected chi connectivity index (χ2v) is 7.37. The smallest absolute Gasteiger partial charge is 0.413 e. The van der Waals surface area contributed by atoms with Gasteiger partial charge in [0.1, 0.15) is 0 Å². The average Bonchev–Trinajstić information content (AvgIpc) is 3.11. The fourth-order valence-corrected chi connectivity index (χ4v) is 3.85. The lowest BCUT2D eigenvalue weighted by molar-refractivity contribution is -0.117. The van der Waals surface area contributed by atoms with Crippen molar-refractivity contribution in [2.24, 2.45) is 0 Å². The number of ether oxygens (including phenoxy) is 1.